The van der Waals surface area contributed by atoms with Gasteiger partial charge in [0.2, 0.25) is 11.7 Å². The van der Waals surface area contributed by atoms with Gasteiger partial charge in [-0.2, -0.15) is 0 Å². The Hall–Kier alpha value is -4.71. The van der Waals surface area contributed by atoms with Crippen LogP contribution in [0.15, 0.2) is 109 Å². The van der Waals surface area contributed by atoms with Crippen molar-refractivity contribution >= 4 is 23.3 Å². The summed E-state index contributed by atoms with van der Waals surface area (Å²) in [7, 11) is 0. The lowest BCUT2D eigenvalue weighted by atomic mass is 9.78. The Labute approximate surface area is 246 Å². The molecule has 0 aliphatic carbocycles. The summed E-state index contributed by atoms with van der Waals surface area (Å²) in [5, 5.41) is 0. The largest absolute Gasteiger partial charge is 0.457 e. The molecule has 0 spiro atoms. The molecule has 6 nitrogen and oxygen atoms in total. The van der Waals surface area contributed by atoms with E-state index in [9.17, 15) is 14.4 Å². The molecular formula is C36H35NO5. The summed E-state index contributed by atoms with van der Waals surface area (Å²) in [6.45, 7) is 6.40. The maximum absolute atomic E-state index is 12.9. The Morgan fingerprint density at radius 2 is 1.36 bits per heavy atom. The first-order valence-corrected chi connectivity index (χ1v) is 14.3. The molecule has 0 radical (unpaired) electrons. The van der Waals surface area contributed by atoms with E-state index in [1.807, 2.05) is 48.5 Å². The van der Waals surface area contributed by atoms with Crippen LogP contribution in [-0.2, 0) is 19.7 Å². The van der Waals surface area contributed by atoms with E-state index in [-0.39, 0.29) is 30.1 Å². The minimum absolute atomic E-state index is 0.0404. The molecule has 0 saturated carbocycles. The van der Waals surface area contributed by atoms with Gasteiger partial charge < -0.3 is 14.4 Å². The first-order valence-electron chi connectivity index (χ1n) is 14.3. The molecule has 2 atom stereocenters. The van der Waals surface area contributed by atoms with Crippen molar-refractivity contribution < 1.29 is 23.9 Å². The fraction of sp³-hybridized carbons (Fsp3) is 0.250. The maximum Gasteiger partial charge on any atom is 0.312 e. The summed E-state index contributed by atoms with van der Waals surface area (Å²) in [6, 6.07) is 34.5. The Balaban J connectivity index is 1.19. The average molecular weight is 562 g/mol. The Morgan fingerprint density at radius 1 is 0.810 bits per heavy atom. The highest BCUT2D eigenvalue weighted by Gasteiger charge is 2.38. The van der Waals surface area contributed by atoms with Crippen LogP contribution in [-0.4, -0.2) is 30.3 Å². The van der Waals surface area contributed by atoms with Gasteiger partial charge in [0.1, 0.15) is 11.5 Å². The molecular weight excluding hydrogens is 526 g/mol. The summed E-state index contributed by atoms with van der Waals surface area (Å²) >= 11 is 0. The molecule has 4 aromatic carbocycles. The van der Waals surface area contributed by atoms with E-state index >= 15 is 0 Å². The van der Waals surface area contributed by atoms with E-state index in [4.69, 9.17) is 9.47 Å². The number of carbonyl (C=O) groups excluding carboxylic acids is 3. The van der Waals surface area contributed by atoms with Gasteiger partial charge in [0.15, 0.2) is 6.10 Å². The molecule has 4 aromatic rings. The summed E-state index contributed by atoms with van der Waals surface area (Å²) < 4.78 is 11.6. The summed E-state index contributed by atoms with van der Waals surface area (Å²) in [5.41, 5.74) is 3.47. The zero-order chi connectivity index (χ0) is 29.7. The molecule has 1 aliphatic rings. The fourth-order valence-electron chi connectivity index (χ4n) is 5.25. The van der Waals surface area contributed by atoms with Crippen LogP contribution in [0, 0.1) is 5.92 Å². The van der Waals surface area contributed by atoms with Crippen LogP contribution in [0.2, 0.25) is 0 Å². The topological polar surface area (TPSA) is 72.9 Å². The number of Topliss-reactive ketones (excluding diaryl/α,β-unsaturated/α-hetero) is 1. The summed E-state index contributed by atoms with van der Waals surface area (Å²) in [4.78, 5) is 40.1. The van der Waals surface area contributed by atoms with Crippen LogP contribution in [0.3, 0.4) is 0 Å². The van der Waals surface area contributed by atoms with Crippen molar-refractivity contribution in [2.24, 2.45) is 5.92 Å². The second-order valence-electron chi connectivity index (χ2n) is 11.1. The third kappa shape index (κ3) is 6.28. The van der Waals surface area contributed by atoms with Gasteiger partial charge >= 0.3 is 5.97 Å². The van der Waals surface area contributed by atoms with Gasteiger partial charge in [-0.15, -0.1) is 0 Å². The van der Waals surface area contributed by atoms with E-state index in [2.05, 4.69) is 50.2 Å². The number of ether oxygens (including phenoxy) is 2. The van der Waals surface area contributed by atoms with Gasteiger partial charge in [-0.25, -0.2) is 0 Å². The average Bonchev–Trinajstić information content (AvgIpc) is 3.42. The number of amides is 1. The highest BCUT2D eigenvalue weighted by atomic mass is 16.5. The standard InChI is InChI=1S/C36H35NO5/c1-4-32(34(39)25-11-7-5-8-12-25)42-35(40)26-23-33(38)37(24-26)29-17-21-31(22-18-29)41-30-19-15-28(16-20-30)36(2,3)27-13-9-6-10-14-27/h5-22,26,32H,4,23-24H2,1-3H3/t26-,32-/m0/s1. The molecule has 1 heterocycles. The number of hydrogen-bond acceptors (Lipinski definition) is 5. The van der Waals surface area contributed by atoms with Gasteiger partial charge in [0, 0.05) is 29.6 Å². The van der Waals surface area contributed by atoms with Crippen LogP contribution in [0.1, 0.15) is 55.1 Å². The first-order chi connectivity index (χ1) is 20.3. The van der Waals surface area contributed by atoms with Crippen LogP contribution < -0.4 is 9.64 Å². The quantitative estimate of drug-likeness (QED) is 0.149. The van der Waals surface area contributed by atoms with Crippen molar-refractivity contribution in [3.63, 3.8) is 0 Å². The predicted octanol–water partition coefficient (Wildman–Crippen LogP) is 7.36. The smallest absolute Gasteiger partial charge is 0.312 e. The predicted molar refractivity (Wildman–Crippen MR) is 163 cm³/mol. The number of ketones is 1. The first kappa shape index (κ1) is 28.8. The lowest BCUT2D eigenvalue weighted by Crippen LogP contribution is -2.31. The van der Waals surface area contributed by atoms with E-state index in [1.165, 1.54) is 11.1 Å². The number of carbonyl (C=O) groups is 3. The van der Waals surface area contributed by atoms with Crippen LogP contribution in [0.5, 0.6) is 11.5 Å². The third-order valence-electron chi connectivity index (χ3n) is 7.89. The molecule has 1 aliphatic heterocycles. The summed E-state index contributed by atoms with van der Waals surface area (Å²) in [6.07, 6.45) is -0.476. The van der Waals surface area contributed by atoms with Crippen molar-refractivity contribution in [1.82, 2.24) is 0 Å². The molecule has 6 heteroatoms. The van der Waals surface area contributed by atoms with Crippen molar-refractivity contribution in [2.45, 2.75) is 45.1 Å². The van der Waals surface area contributed by atoms with Gasteiger partial charge in [0.25, 0.3) is 0 Å². The zero-order valence-corrected chi connectivity index (χ0v) is 24.2. The van der Waals surface area contributed by atoms with Crippen molar-refractivity contribution in [1.29, 1.82) is 0 Å². The molecule has 0 aromatic heterocycles. The van der Waals surface area contributed by atoms with Gasteiger partial charge in [-0.05, 0) is 53.9 Å². The minimum Gasteiger partial charge on any atom is -0.457 e. The van der Waals surface area contributed by atoms with E-state index < -0.39 is 18.0 Å². The molecule has 5 rings (SSSR count). The fourth-order valence-corrected chi connectivity index (χ4v) is 5.25. The number of nitrogens with zero attached hydrogens (tertiary/aromatic N) is 1. The second kappa shape index (κ2) is 12.4. The highest BCUT2D eigenvalue weighted by Crippen LogP contribution is 2.34. The molecule has 1 fully saturated rings. The highest BCUT2D eigenvalue weighted by molar-refractivity contribution is 6.02. The number of rotatable bonds is 10. The number of benzene rings is 4. The van der Waals surface area contributed by atoms with E-state index in [0.717, 1.165) is 0 Å². The lowest BCUT2D eigenvalue weighted by Gasteiger charge is -2.26. The zero-order valence-electron chi connectivity index (χ0n) is 24.2. The Bertz CT molecular complexity index is 1530. The van der Waals surface area contributed by atoms with Crippen molar-refractivity contribution in [2.75, 3.05) is 11.4 Å². The lowest BCUT2D eigenvalue weighted by molar-refractivity contribution is -0.151. The molecule has 1 saturated heterocycles. The molecule has 0 N–H and O–H groups in total. The Morgan fingerprint density at radius 3 is 1.95 bits per heavy atom. The van der Waals surface area contributed by atoms with Crippen molar-refractivity contribution in [3.8, 4) is 11.5 Å². The number of hydrogen-bond donors (Lipinski definition) is 0. The Kier molecular flexibility index (Phi) is 8.53. The van der Waals surface area contributed by atoms with E-state index in [0.29, 0.717) is 29.2 Å². The molecule has 0 bridgehead atoms. The van der Waals surface area contributed by atoms with Crippen LogP contribution in [0.25, 0.3) is 0 Å². The molecule has 0 unspecified atom stereocenters. The molecule has 1 amide bonds. The van der Waals surface area contributed by atoms with Crippen molar-refractivity contribution in [3.05, 3.63) is 126 Å². The number of anilines is 1. The SMILES string of the molecule is CC[C@H](OC(=O)[C@H]1CC(=O)N(c2ccc(Oc3ccc(C(C)(C)c4ccccc4)cc3)cc2)C1)C(=O)c1ccccc1. The number of esters is 1. The monoisotopic (exact) mass is 561 g/mol. The minimum atomic E-state index is -0.876. The van der Waals surface area contributed by atoms with E-state index in [1.54, 1.807) is 36.1 Å². The molecule has 214 valence electrons. The summed E-state index contributed by atoms with van der Waals surface area (Å²) in [5.74, 6) is -0.208. The van der Waals surface area contributed by atoms with Gasteiger partial charge in [-0.1, -0.05) is 93.6 Å². The van der Waals surface area contributed by atoms with Crippen LogP contribution in [0.4, 0.5) is 5.69 Å². The normalized spacial score (nSPS) is 15.7. The molecule has 42 heavy (non-hydrogen) atoms. The van der Waals surface area contributed by atoms with Crippen LogP contribution >= 0.6 is 0 Å². The third-order valence-corrected chi connectivity index (χ3v) is 7.89. The second-order valence-corrected chi connectivity index (χ2v) is 11.1. The van der Waals surface area contributed by atoms with Gasteiger partial charge in [-0.3, -0.25) is 14.4 Å². The van der Waals surface area contributed by atoms with Gasteiger partial charge in [0.05, 0.1) is 5.92 Å². The maximum atomic E-state index is 12.9.